The number of hydrogen-bond donors (Lipinski definition) is 1. The number of fused-ring (bicyclic) bond motifs is 3. The van der Waals surface area contributed by atoms with Gasteiger partial charge in [-0.25, -0.2) is 9.78 Å². The topological polar surface area (TPSA) is 87.1 Å². The summed E-state index contributed by atoms with van der Waals surface area (Å²) in [5.41, 5.74) is 2.01. The number of phenols is 1. The molecule has 31 heavy (non-hydrogen) atoms. The first-order chi connectivity index (χ1) is 15.1. The molecule has 6 heteroatoms. The largest absolute Gasteiger partial charge is 0.508 e. The Morgan fingerprint density at radius 1 is 1.06 bits per heavy atom. The summed E-state index contributed by atoms with van der Waals surface area (Å²) < 4.78 is 5.56. The molecule has 0 atom stereocenters. The first-order valence-electron chi connectivity index (χ1n) is 9.45. The lowest BCUT2D eigenvalue weighted by atomic mass is 10.0. The maximum Gasteiger partial charge on any atom is 0.345 e. The number of nitrogens with zero attached hydrogens (tertiary/aromatic N) is 2. The Morgan fingerprint density at radius 3 is 2.68 bits per heavy atom. The fourth-order valence-corrected chi connectivity index (χ4v) is 4.24. The zero-order chi connectivity index (χ0) is 21.4. The number of hydrogen-bond acceptors (Lipinski definition) is 6. The molecule has 0 bridgehead atoms. The van der Waals surface area contributed by atoms with Gasteiger partial charge in [-0.2, -0.15) is 5.26 Å². The molecule has 2 aromatic heterocycles. The third-order valence-electron chi connectivity index (χ3n) is 4.98. The highest BCUT2D eigenvalue weighted by Crippen LogP contribution is 2.30. The second-order valence-electron chi connectivity index (χ2n) is 6.95. The minimum Gasteiger partial charge on any atom is -0.508 e. The predicted octanol–water partition coefficient (Wildman–Crippen LogP) is 5.84. The van der Waals surface area contributed by atoms with Crippen molar-refractivity contribution in [3.63, 3.8) is 0 Å². The molecule has 2 heterocycles. The molecule has 0 fully saturated rings. The molecular formula is C25H14N2O3S. The molecule has 5 aromatic rings. The lowest BCUT2D eigenvalue weighted by molar-refractivity contribution is 0.475. The summed E-state index contributed by atoms with van der Waals surface area (Å²) in [6.07, 6.45) is 1.69. The molecule has 0 saturated carbocycles. The van der Waals surface area contributed by atoms with Crippen molar-refractivity contribution in [3.05, 3.63) is 93.1 Å². The van der Waals surface area contributed by atoms with Gasteiger partial charge in [0.1, 0.15) is 22.4 Å². The normalized spacial score (nSPS) is 11.6. The average Bonchev–Trinajstić information content (AvgIpc) is 3.28. The number of benzene rings is 3. The summed E-state index contributed by atoms with van der Waals surface area (Å²) in [4.78, 5) is 17.2. The van der Waals surface area contributed by atoms with Crippen LogP contribution in [-0.2, 0) is 0 Å². The molecular weight excluding hydrogens is 408 g/mol. The van der Waals surface area contributed by atoms with Crippen molar-refractivity contribution in [2.24, 2.45) is 0 Å². The van der Waals surface area contributed by atoms with Crippen LogP contribution >= 0.6 is 11.3 Å². The quantitative estimate of drug-likeness (QED) is 0.224. The van der Waals surface area contributed by atoms with Crippen LogP contribution in [0, 0.1) is 11.3 Å². The van der Waals surface area contributed by atoms with Gasteiger partial charge >= 0.3 is 5.63 Å². The van der Waals surface area contributed by atoms with Crippen LogP contribution in [0.5, 0.6) is 5.75 Å². The number of nitriles is 1. The second kappa shape index (κ2) is 7.56. The predicted molar refractivity (Wildman–Crippen MR) is 123 cm³/mol. The summed E-state index contributed by atoms with van der Waals surface area (Å²) in [5.74, 6) is 0.155. The van der Waals surface area contributed by atoms with Crippen LogP contribution in [0.1, 0.15) is 10.6 Å². The van der Waals surface area contributed by atoms with Crippen molar-refractivity contribution in [2.75, 3.05) is 0 Å². The van der Waals surface area contributed by atoms with Gasteiger partial charge in [0.25, 0.3) is 0 Å². The van der Waals surface area contributed by atoms with E-state index in [4.69, 9.17) is 4.42 Å². The molecule has 0 aliphatic carbocycles. The smallest absolute Gasteiger partial charge is 0.345 e. The average molecular weight is 422 g/mol. The van der Waals surface area contributed by atoms with E-state index in [-0.39, 0.29) is 5.75 Å². The Labute approximate surface area is 180 Å². The Hall–Kier alpha value is -4.21. The van der Waals surface area contributed by atoms with Crippen molar-refractivity contribution in [1.29, 1.82) is 5.26 Å². The fraction of sp³-hybridized carbons (Fsp3) is 0. The van der Waals surface area contributed by atoms with Crippen LogP contribution in [0.15, 0.2) is 81.3 Å². The Kier molecular flexibility index (Phi) is 4.58. The molecule has 5 rings (SSSR count). The lowest BCUT2D eigenvalue weighted by Crippen LogP contribution is -2.03. The molecule has 5 nitrogen and oxygen atoms in total. The highest BCUT2D eigenvalue weighted by atomic mass is 32.1. The molecule has 0 saturated heterocycles. The van der Waals surface area contributed by atoms with Gasteiger partial charge in [-0.1, -0.05) is 42.5 Å². The van der Waals surface area contributed by atoms with Crippen molar-refractivity contribution in [3.8, 4) is 23.1 Å². The number of thiazole rings is 1. The molecule has 3 aromatic carbocycles. The highest BCUT2D eigenvalue weighted by molar-refractivity contribution is 7.11. The number of phenolic OH excluding ortho intramolecular Hbond substituents is 1. The second-order valence-corrected chi connectivity index (χ2v) is 7.80. The minimum absolute atomic E-state index is 0.155. The standard InChI is InChI=1S/C25H14N2O3S/c26-13-17(11-15-5-8-18(28)9-6-15)24-27-22(14-31-24)21-12-20-19-4-2-1-3-16(19)7-10-23(20)30-25(21)29/h1-12,14,28H. The van der Waals surface area contributed by atoms with Gasteiger partial charge in [-0.3, -0.25) is 0 Å². The van der Waals surface area contributed by atoms with Crippen LogP contribution < -0.4 is 5.63 Å². The zero-order valence-electron chi connectivity index (χ0n) is 16.1. The fourth-order valence-electron chi connectivity index (χ4n) is 3.45. The zero-order valence-corrected chi connectivity index (χ0v) is 16.9. The van der Waals surface area contributed by atoms with Crippen LogP contribution in [0.2, 0.25) is 0 Å². The third kappa shape index (κ3) is 3.48. The highest BCUT2D eigenvalue weighted by Gasteiger charge is 2.15. The molecule has 1 N–H and O–H groups in total. The van der Waals surface area contributed by atoms with E-state index in [2.05, 4.69) is 11.1 Å². The van der Waals surface area contributed by atoms with Crippen molar-refractivity contribution in [1.82, 2.24) is 4.98 Å². The van der Waals surface area contributed by atoms with Crippen LogP contribution in [-0.4, -0.2) is 10.1 Å². The molecule has 0 aliphatic heterocycles. The monoisotopic (exact) mass is 422 g/mol. The summed E-state index contributed by atoms with van der Waals surface area (Å²) in [7, 11) is 0. The minimum atomic E-state index is -0.472. The van der Waals surface area contributed by atoms with E-state index in [1.165, 1.54) is 11.3 Å². The summed E-state index contributed by atoms with van der Waals surface area (Å²) in [6.45, 7) is 0. The van der Waals surface area contributed by atoms with Crippen LogP contribution in [0.25, 0.3) is 44.6 Å². The van der Waals surface area contributed by atoms with Gasteiger partial charge in [0.05, 0.1) is 16.8 Å². The molecule has 0 amide bonds. The maximum absolute atomic E-state index is 12.6. The van der Waals surface area contributed by atoms with Gasteiger partial charge in [-0.05, 0) is 46.7 Å². The number of allylic oxidation sites excluding steroid dienone is 1. The summed E-state index contributed by atoms with van der Waals surface area (Å²) >= 11 is 1.29. The van der Waals surface area contributed by atoms with E-state index >= 15 is 0 Å². The van der Waals surface area contributed by atoms with E-state index in [1.54, 1.807) is 47.9 Å². The molecule has 148 valence electrons. The Bertz CT molecular complexity index is 1570. The molecule has 0 spiro atoms. The van der Waals surface area contributed by atoms with E-state index in [0.717, 1.165) is 21.7 Å². The van der Waals surface area contributed by atoms with E-state index in [0.29, 0.717) is 27.4 Å². The first kappa shape index (κ1) is 18.8. The van der Waals surface area contributed by atoms with Crippen LogP contribution in [0.3, 0.4) is 0 Å². The van der Waals surface area contributed by atoms with Gasteiger partial charge in [0, 0.05) is 10.8 Å². The summed E-state index contributed by atoms with van der Waals surface area (Å²) in [6, 6.07) is 22.1. The number of aromatic nitrogens is 1. The van der Waals surface area contributed by atoms with Gasteiger partial charge < -0.3 is 9.52 Å². The molecule has 0 radical (unpaired) electrons. The van der Waals surface area contributed by atoms with E-state index in [9.17, 15) is 15.2 Å². The van der Waals surface area contributed by atoms with Gasteiger partial charge in [-0.15, -0.1) is 11.3 Å². The molecule has 0 unspecified atom stereocenters. The van der Waals surface area contributed by atoms with Gasteiger partial charge in [0.15, 0.2) is 0 Å². The molecule has 0 aliphatic rings. The maximum atomic E-state index is 12.6. The SMILES string of the molecule is N#CC(=Cc1ccc(O)cc1)c1nc(-c2cc3c(ccc4ccccc43)oc2=O)cs1. The number of aromatic hydroxyl groups is 1. The lowest BCUT2D eigenvalue weighted by Gasteiger charge is -2.04. The summed E-state index contributed by atoms with van der Waals surface area (Å²) in [5, 5.41) is 24.2. The van der Waals surface area contributed by atoms with Crippen molar-refractivity contribution >= 4 is 44.7 Å². The van der Waals surface area contributed by atoms with Crippen molar-refractivity contribution < 1.29 is 9.52 Å². The Morgan fingerprint density at radius 2 is 1.87 bits per heavy atom. The van der Waals surface area contributed by atoms with E-state index < -0.39 is 5.63 Å². The number of rotatable bonds is 3. The first-order valence-corrected chi connectivity index (χ1v) is 10.3. The van der Waals surface area contributed by atoms with Gasteiger partial charge in [0.2, 0.25) is 0 Å². The third-order valence-corrected chi connectivity index (χ3v) is 5.85. The van der Waals surface area contributed by atoms with Crippen LogP contribution in [0.4, 0.5) is 0 Å². The van der Waals surface area contributed by atoms with Crippen molar-refractivity contribution in [2.45, 2.75) is 0 Å². The van der Waals surface area contributed by atoms with E-state index in [1.807, 2.05) is 30.3 Å². The Balaban J connectivity index is 1.61.